The van der Waals surface area contributed by atoms with E-state index in [1.807, 2.05) is 11.9 Å². The zero-order valence-corrected chi connectivity index (χ0v) is 15.6. The van der Waals surface area contributed by atoms with Crippen molar-refractivity contribution in [2.75, 3.05) is 20.1 Å². The molecule has 1 aliphatic heterocycles. The van der Waals surface area contributed by atoms with E-state index < -0.39 is 10.0 Å². The summed E-state index contributed by atoms with van der Waals surface area (Å²) in [6.07, 6.45) is 3.07. The van der Waals surface area contributed by atoms with Crippen LogP contribution in [0.25, 0.3) is 0 Å². The Labute approximate surface area is 145 Å². The van der Waals surface area contributed by atoms with Crippen LogP contribution in [0.4, 0.5) is 0 Å². The van der Waals surface area contributed by atoms with Crippen LogP contribution in [0.15, 0.2) is 35.2 Å². The van der Waals surface area contributed by atoms with Gasteiger partial charge in [-0.2, -0.15) is 4.31 Å². The van der Waals surface area contributed by atoms with Gasteiger partial charge in [-0.3, -0.25) is 4.79 Å². The molecule has 0 N–H and O–H groups in total. The number of hydrogen-bond acceptors (Lipinski definition) is 3. The summed E-state index contributed by atoms with van der Waals surface area (Å²) in [7, 11) is -1.58. The maximum Gasteiger partial charge on any atom is 0.243 e. The molecule has 134 valence electrons. The molecule has 1 amide bonds. The van der Waals surface area contributed by atoms with E-state index in [4.69, 9.17) is 0 Å². The summed E-state index contributed by atoms with van der Waals surface area (Å²) in [5.74, 6) is 0.0817. The Balaban J connectivity index is 2.00. The third kappa shape index (κ3) is 3.98. The lowest BCUT2D eigenvalue weighted by atomic mass is 9.95. The van der Waals surface area contributed by atoms with Gasteiger partial charge in [-0.15, -0.1) is 0 Å². The smallest absolute Gasteiger partial charge is 0.243 e. The molecular weight excluding hydrogens is 324 g/mol. The van der Waals surface area contributed by atoms with Gasteiger partial charge in [0.05, 0.1) is 4.90 Å². The Morgan fingerprint density at radius 3 is 2.21 bits per heavy atom. The predicted octanol–water partition coefficient (Wildman–Crippen LogP) is 2.73. The van der Waals surface area contributed by atoms with Crippen LogP contribution in [-0.4, -0.2) is 49.7 Å². The Hall–Kier alpha value is -1.40. The number of hydrogen-bond donors (Lipinski definition) is 0. The van der Waals surface area contributed by atoms with Crippen molar-refractivity contribution in [2.24, 2.45) is 5.92 Å². The average molecular weight is 353 g/mol. The van der Waals surface area contributed by atoms with E-state index in [2.05, 4.69) is 13.8 Å². The molecular formula is C18H28N2O3S. The fourth-order valence-corrected chi connectivity index (χ4v) is 4.88. The second kappa shape index (κ2) is 8.12. The molecule has 6 heteroatoms. The van der Waals surface area contributed by atoms with Gasteiger partial charge in [-0.25, -0.2) is 8.42 Å². The molecule has 1 aromatic carbocycles. The van der Waals surface area contributed by atoms with Crippen LogP contribution in [0.3, 0.4) is 0 Å². The van der Waals surface area contributed by atoms with E-state index in [0.29, 0.717) is 30.8 Å². The monoisotopic (exact) mass is 352 g/mol. The minimum Gasteiger partial charge on any atom is -0.343 e. The lowest BCUT2D eigenvalue weighted by Gasteiger charge is -2.35. The van der Waals surface area contributed by atoms with Gasteiger partial charge in [0.15, 0.2) is 0 Å². The zero-order valence-electron chi connectivity index (χ0n) is 14.8. The van der Waals surface area contributed by atoms with Crippen LogP contribution >= 0.6 is 0 Å². The first kappa shape index (κ1) is 18.9. The Kier molecular flexibility index (Phi) is 6.40. The largest absolute Gasteiger partial charge is 0.343 e. The number of sulfonamides is 1. The molecule has 1 heterocycles. The highest BCUT2D eigenvalue weighted by Crippen LogP contribution is 2.25. The van der Waals surface area contributed by atoms with Crippen molar-refractivity contribution in [3.05, 3.63) is 30.3 Å². The van der Waals surface area contributed by atoms with E-state index in [-0.39, 0.29) is 17.9 Å². The third-order valence-corrected chi connectivity index (χ3v) is 6.93. The second-order valence-electron chi connectivity index (χ2n) is 6.41. The minimum absolute atomic E-state index is 0.0715. The molecule has 24 heavy (non-hydrogen) atoms. The van der Waals surface area contributed by atoms with Crippen molar-refractivity contribution in [3.63, 3.8) is 0 Å². The number of carbonyl (C=O) groups is 1. The van der Waals surface area contributed by atoms with Gasteiger partial charge in [0.1, 0.15) is 0 Å². The number of piperidine rings is 1. The molecule has 0 saturated carbocycles. The molecule has 0 spiro atoms. The van der Waals surface area contributed by atoms with Gasteiger partial charge in [0, 0.05) is 32.1 Å². The van der Waals surface area contributed by atoms with Gasteiger partial charge < -0.3 is 4.90 Å². The maximum absolute atomic E-state index is 12.6. The van der Waals surface area contributed by atoms with Crippen molar-refractivity contribution in [1.29, 1.82) is 0 Å². The standard InChI is InChI=1S/C18H28N2O3S/c1-4-16(5-2)19(3)18(21)15-11-13-20(14-12-15)24(22,23)17-9-7-6-8-10-17/h6-10,15-16H,4-5,11-14H2,1-3H3. The summed E-state index contributed by atoms with van der Waals surface area (Å²) in [6.45, 7) is 4.99. The number of rotatable bonds is 6. The van der Waals surface area contributed by atoms with E-state index in [1.54, 1.807) is 30.3 Å². The molecule has 1 fully saturated rings. The topological polar surface area (TPSA) is 57.7 Å². The highest BCUT2D eigenvalue weighted by atomic mass is 32.2. The van der Waals surface area contributed by atoms with Gasteiger partial charge in [-0.1, -0.05) is 32.0 Å². The summed E-state index contributed by atoms with van der Waals surface area (Å²) in [4.78, 5) is 14.8. The molecule has 0 aliphatic carbocycles. The molecule has 0 bridgehead atoms. The summed E-state index contributed by atoms with van der Waals surface area (Å²) in [5.41, 5.74) is 0. The van der Waals surface area contributed by atoms with Crippen LogP contribution in [0, 0.1) is 5.92 Å². The number of benzene rings is 1. The van der Waals surface area contributed by atoms with Crippen LogP contribution < -0.4 is 0 Å². The quantitative estimate of drug-likeness (QED) is 0.791. The third-order valence-electron chi connectivity index (χ3n) is 5.02. The van der Waals surface area contributed by atoms with E-state index in [0.717, 1.165) is 12.8 Å². The summed E-state index contributed by atoms with van der Waals surface area (Å²) < 4.78 is 26.8. The van der Waals surface area contributed by atoms with Crippen molar-refractivity contribution >= 4 is 15.9 Å². The maximum atomic E-state index is 12.6. The highest BCUT2D eigenvalue weighted by molar-refractivity contribution is 7.89. The van der Waals surface area contributed by atoms with E-state index in [1.165, 1.54) is 4.31 Å². The molecule has 1 saturated heterocycles. The molecule has 0 aromatic heterocycles. The molecule has 0 atom stereocenters. The van der Waals surface area contributed by atoms with Gasteiger partial charge >= 0.3 is 0 Å². The molecule has 1 aromatic rings. The predicted molar refractivity (Wildman–Crippen MR) is 95.1 cm³/mol. The van der Waals surface area contributed by atoms with Crippen molar-refractivity contribution in [2.45, 2.75) is 50.5 Å². The summed E-state index contributed by atoms with van der Waals surface area (Å²) in [6, 6.07) is 8.77. The first-order chi connectivity index (χ1) is 11.4. The normalized spacial score (nSPS) is 17.2. The fraction of sp³-hybridized carbons (Fsp3) is 0.611. The summed E-state index contributed by atoms with van der Waals surface area (Å²) in [5, 5.41) is 0. The second-order valence-corrected chi connectivity index (χ2v) is 8.35. The first-order valence-corrected chi connectivity index (χ1v) is 10.2. The number of amides is 1. The van der Waals surface area contributed by atoms with Crippen LogP contribution in [-0.2, 0) is 14.8 Å². The Morgan fingerprint density at radius 2 is 1.71 bits per heavy atom. The van der Waals surface area contributed by atoms with Crippen molar-refractivity contribution in [1.82, 2.24) is 9.21 Å². The Bertz CT molecular complexity index is 633. The zero-order chi connectivity index (χ0) is 17.7. The highest BCUT2D eigenvalue weighted by Gasteiger charge is 2.33. The van der Waals surface area contributed by atoms with E-state index in [9.17, 15) is 13.2 Å². The van der Waals surface area contributed by atoms with Crippen LogP contribution in [0.5, 0.6) is 0 Å². The SMILES string of the molecule is CCC(CC)N(C)C(=O)C1CCN(S(=O)(=O)c2ccccc2)CC1. The molecule has 1 aliphatic rings. The summed E-state index contributed by atoms with van der Waals surface area (Å²) >= 11 is 0. The molecule has 5 nitrogen and oxygen atoms in total. The number of carbonyl (C=O) groups excluding carboxylic acids is 1. The van der Waals surface area contributed by atoms with Gasteiger partial charge in [0.2, 0.25) is 15.9 Å². The van der Waals surface area contributed by atoms with E-state index >= 15 is 0 Å². The first-order valence-electron chi connectivity index (χ1n) is 8.73. The van der Waals surface area contributed by atoms with Crippen LogP contribution in [0.2, 0.25) is 0 Å². The Morgan fingerprint density at radius 1 is 1.17 bits per heavy atom. The lowest BCUT2D eigenvalue weighted by molar-refractivity contribution is -0.137. The lowest BCUT2D eigenvalue weighted by Crippen LogP contribution is -2.45. The minimum atomic E-state index is -3.45. The fourth-order valence-electron chi connectivity index (χ4n) is 3.39. The van der Waals surface area contributed by atoms with Crippen molar-refractivity contribution < 1.29 is 13.2 Å². The molecule has 0 unspecified atom stereocenters. The number of nitrogens with zero attached hydrogens (tertiary/aromatic N) is 2. The van der Waals surface area contributed by atoms with Gasteiger partial charge in [-0.05, 0) is 37.8 Å². The molecule has 0 radical (unpaired) electrons. The van der Waals surface area contributed by atoms with Gasteiger partial charge in [0.25, 0.3) is 0 Å². The van der Waals surface area contributed by atoms with Crippen LogP contribution in [0.1, 0.15) is 39.5 Å². The molecule has 2 rings (SSSR count). The average Bonchev–Trinajstić information content (AvgIpc) is 2.63. The van der Waals surface area contributed by atoms with Crippen molar-refractivity contribution in [3.8, 4) is 0 Å².